The van der Waals surface area contributed by atoms with Crippen LogP contribution in [0.5, 0.6) is 0 Å². The number of urea groups is 1. The molecule has 1 aliphatic rings. The van der Waals surface area contributed by atoms with Gasteiger partial charge in [0.1, 0.15) is 11.6 Å². The zero-order valence-electron chi connectivity index (χ0n) is 19.2. The van der Waals surface area contributed by atoms with Gasteiger partial charge in [0.05, 0.1) is 11.0 Å². The Labute approximate surface area is 202 Å². The first kappa shape index (κ1) is 22.6. The molecule has 0 aliphatic carbocycles. The highest BCUT2D eigenvalue weighted by molar-refractivity contribution is 5.96. The van der Waals surface area contributed by atoms with Crippen LogP contribution in [0.2, 0.25) is 0 Å². The van der Waals surface area contributed by atoms with Crippen molar-refractivity contribution >= 4 is 28.7 Å². The van der Waals surface area contributed by atoms with E-state index >= 15 is 0 Å². The molecule has 4 aromatic rings. The summed E-state index contributed by atoms with van der Waals surface area (Å²) in [6, 6.07) is 21.0. The number of carbonyl (C=O) groups excluding carboxylic acids is 2. The van der Waals surface area contributed by atoms with Crippen LogP contribution in [0.4, 0.5) is 14.9 Å². The Morgan fingerprint density at radius 2 is 1.77 bits per heavy atom. The summed E-state index contributed by atoms with van der Waals surface area (Å²) in [7, 11) is 0. The Hall–Kier alpha value is -4.20. The summed E-state index contributed by atoms with van der Waals surface area (Å²) < 4.78 is 13.2. The first-order valence-electron chi connectivity index (χ1n) is 11.7. The van der Waals surface area contributed by atoms with E-state index in [1.165, 1.54) is 12.1 Å². The van der Waals surface area contributed by atoms with Gasteiger partial charge in [-0.15, -0.1) is 0 Å². The lowest BCUT2D eigenvalue weighted by atomic mass is 10.1. The molecule has 2 heterocycles. The Kier molecular flexibility index (Phi) is 6.43. The standard InChI is InChI=1S/C27H26FN5O2/c28-21-10-6-19(7-11-21)18-32-16-3-17-33(27(32)35)22-12-8-20(9-13-22)26(34)29-15-14-25-30-23-4-1-2-5-24(23)31-25/h1-2,4-13H,3,14-18H2,(H,29,34)(H,30,31). The second-order valence-corrected chi connectivity index (χ2v) is 8.59. The average Bonchev–Trinajstić information content (AvgIpc) is 3.29. The quantitative estimate of drug-likeness (QED) is 0.416. The number of nitrogens with zero attached hydrogens (tertiary/aromatic N) is 3. The van der Waals surface area contributed by atoms with Gasteiger partial charge < -0.3 is 15.2 Å². The van der Waals surface area contributed by atoms with E-state index in [0.717, 1.165) is 34.5 Å². The van der Waals surface area contributed by atoms with Gasteiger partial charge in [0.15, 0.2) is 0 Å². The van der Waals surface area contributed by atoms with E-state index in [0.29, 0.717) is 38.2 Å². The van der Waals surface area contributed by atoms with E-state index < -0.39 is 0 Å². The second-order valence-electron chi connectivity index (χ2n) is 8.59. The van der Waals surface area contributed by atoms with Gasteiger partial charge >= 0.3 is 6.03 Å². The number of halogens is 1. The highest BCUT2D eigenvalue weighted by atomic mass is 19.1. The van der Waals surface area contributed by atoms with Crippen molar-refractivity contribution in [3.63, 3.8) is 0 Å². The van der Waals surface area contributed by atoms with Crippen molar-refractivity contribution in [1.82, 2.24) is 20.2 Å². The smallest absolute Gasteiger partial charge is 0.324 e. The number of aromatic amines is 1. The minimum absolute atomic E-state index is 0.0939. The summed E-state index contributed by atoms with van der Waals surface area (Å²) in [6.45, 7) is 2.16. The van der Waals surface area contributed by atoms with Crippen LogP contribution in [0.15, 0.2) is 72.8 Å². The van der Waals surface area contributed by atoms with Crippen molar-refractivity contribution in [1.29, 1.82) is 0 Å². The number of hydrogen-bond acceptors (Lipinski definition) is 3. The van der Waals surface area contributed by atoms with E-state index in [1.807, 2.05) is 24.3 Å². The predicted molar refractivity (Wildman–Crippen MR) is 133 cm³/mol. The van der Waals surface area contributed by atoms with Crippen LogP contribution in [0.1, 0.15) is 28.2 Å². The number of fused-ring (bicyclic) bond motifs is 1. The zero-order valence-corrected chi connectivity index (χ0v) is 19.2. The lowest BCUT2D eigenvalue weighted by Crippen LogP contribution is -2.49. The molecule has 7 nitrogen and oxygen atoms in total. The maximum atomic E-state index is 13.2. The summed E-state index contributed by atoms with van der Waals surface area (Å²) in [6.07, 6.45) is 1.43. The Morgan fingerprint density at radius 3 is 2.54 bits per heavy atom. The number of H-pyrrole nitrogens is 1. The number of hydrogen-bond donors (Lipinski definition) is 2. The molecule has 3 aromatic carbocycles. The highest BCUT2D eigenvalue weighted by Gasteiger charge is 2.27. The molecule has 1 aromatic heterocycles. The van der Waals surface area contributed by atoms with Gasteiger partial charge in [0, 0.05) is 43.9 Å². The molecule has 0 atom stereocenters. The van der Waals surface area contributed by atoms with Gasteiger partial charge in [-0.1, -0.05) is 24.3 Å². The number of para-hydroxylation sites is 2. The zero-order chi connectivity index (χ0) is 24.2. The van der Waals surface area contributed by atoms with E-state index in [9.17, 15) is 14.0 Å². The number of anilines is 1. The molecule has 178 valence electrons. The number of nitrogens with one attached hydrogen (secondary N) is 2. The van der Waals surface area contributed by atoms with E-state index in [4.69, 9.17) is 0 Å². The lowest BCUT2D eigenvalue weighted by Gasteiger charge is -2.35. The van der Waals surface area contributed by atoms with Crippen LogP contribution in [0, 0.1) is 5.82 Å². The molecule has 35 heavy (non-hydrogen) atoms. The number of aromatic nitrogens is 2. The largest absolute Gasteiger partial charge is 0.352 e. The van der Waals surface area contributed by atoms with Gasteiger partial charge in [-0.3, -0.25) is 9.69 Å². The summed E-state index contributed by atoms with van der Waals surface area (Å²) in [5.74, 6) is 0.366. The van der Waals surface area contributed by atoms with E-state index in [-0.39, 0.29) is 17.8 Å². The molecule has 5 rings (SSSR count). The Balaban J connectivity index is 1.17. The number of rotatable bonds is 7. The number of imidazole rings is 1. The number of benzene rings is 3. The van der Waals surface area contributed by atoms with Gasteiger partial charge in [-0.2, -0.15) is 0 Å². The van der Waals surface area contributed by atoms with Crippen molar-refractivity contribution in [2.24, 2.45) is 0 Å². The fourth-order valence-electron chi connectivity index (χ4n) is 4.29. The minimum Gasteiger partial charge on any atom is -0.352 e. The van der Waals surface area contributed by atoms with Crippen molar-refractivity contribution < 1.29 is 14.0 Å². The predicted octanol–water partition coefficient (Wildman–Crippen LogP) is 4.51. The summed E-state index contributed by atoms with van der Waals surface area (Å²) in [4.78, 5) is 36.9. The molecule has 0 saturated carbocycles. The summed E-state index contributed by atoms with van der Waals surface area (Å²) >= 11 is 0. The molecule has 0 bridgehead atoms. The third-order valence-corrected chi connectivity index (χ3v) is 6.12. The molecule has 3 amide bonds. The molecule has 1 aliphatic heterocycles. The molecule has 2 N–H and O–H groups in total. The SMILES string of the molecule is O=C(NCCc1nc2ccccc2[nH]1)c1ccc(N2CCCN(Cc3ccc(F)cc3)C2=O)cc1. The van der Waals surface area contributed by atoms with Crippen LogP contribution in [0.25, 0.3) is 11.0 Å². The van der Waals surface area contributed by atoms with Crippen LogP contribution >= 0.6 is 0 Å². The normalized spacial score (nSPS) is 13.9. The number of amides is 3. The molecule has 8 heteroatoms. The summed E-state index contributed by atoms with van der Waals surface area (Å²) in [5.41, 5.74) is 4.06. The highest BCUT2D eigenvalue weighted by Crippen LogP contribution is 2.22. The maximum absolute atomic E-state index is 13.2. The van der Waals surface area contributed by atoms with Crippen LogP contribution < -0.4 is 10.2 Å². The molecule has 0 radical (unpaired) electrons. The van der Waals surface area contributed by atoms with E-state index in [2.05, 4.69) is 15.3 Å². The minimum atomic E-state index is -0.293. The van der Waals surface area contributed by atoms with Crippen LogP contribution in [-0.2, 0) is 13.0 Å². The van der Waals surface area contributed by atoms with Gasteiger partial charge in [0.2, 0.25) is 0 Å². The molecule has 1 fully saturated rings. The van der Waals surface area contributed by atoms with Crippen molar-refractivity contribution in [2.75, 3.05) is 24.5 Å². The molecular formula is C27H26FN5O2. The van der Waals surface area contributed by atoms with Gasteiger partial charge in [0.25, 0.3) is 5.91 Å². The van der Waals surface area contributed by atoms with E-state index in [1.54, 1.807) is 46.2 Å². The van der Waals surface area contributed by atoms with Crippen molar-refractivity contribution in [3.8, 4) is 0 Å². The molecule has 0 spiro atoms. The number of carbonyl (C=O) groups is 2. The Morgan fingerprint density at radius 1 is 1.00 bits per heavy atom. The second kappa shape index (κ2) is 9.97. The first-order chi connectivity index (χ1) is 17.1. The maximum Gasteiger partial charge on any atom is 0.324 e. The third kappa shape index (κ3) is 5.16. The first-order valence-corrected chi connectivity index (χ1v) is 11.7. The monoisotopic (exact) mass is 471 g/mol. The van der Waals surface area contributed by atoms with Gasteiger partial charge in [-0.05, 0) is 60.5 Å². The summed E-state index contributed by atoms with van der Waals surface area (Å²) in [5, 5.41) is 2.92. The fraction of sp³-hybridized carbons (Fsp3) is 0.222. The molecular weight excluding hydrogens is 445 g/mol. The lowest BCUT2D eigenvalue weighted by molar-refractivity contribution is 0.0954. The van der Waals surface area contributed by atoms with Crippen molar-refractivity contribution in [2.45, 2.75) is 19.4 Å². The van der Waals surface area contributed by atoms with Gasteiger partial charge in [-0.25, -0.2) is 14.2 Å². The topological polar surface area (TPSA) is 81.3 Å². The van der Waals surface area contributed by atoms with Crippen LogP contribution in [-0.4, -0.2) is 46.4 Å². The third-order valence-electron chi connectivity index (χ3n) is 6.12. The Bertz CT molecular complexity index is 1300. The van der Waals surface area contributed by atoms with Crippen LogP contribution in [0.3, 0.4) is 0 Å². The molecule has 1 saturated heterocycles. The fourth-order valence-corrected chi connectivity index (χ4v) is 4.29. The molecule has 0 unspecified atom stereocenters. The average molecular weight is 472 g/mol. The van der Waals surface area contributed by atoms with Crippen molar-refractivity contribution in [3.05, 3.63) is 95.6 Å².